The van der Waals surface area contributed by atoms with Gasteiger partial charge in [-0.05, 0) is 25.1 Å². The number of rotatable bonds is 2. The van der Waals surface area contributed by atoms with Gasteiger partial charge in [0, 0.05) is 12.0 Å². The van der Waals surface area contributed by atoms with E-state index in [2.05, 4.69) is 5.32 Å². The molecule has 0 spiro atoms. The number of nitrogens with one attached hydrogen (secondary N) is 1. The third-order valence-electron chi connectivity index (χ3n) is 2.56. The molecular weight excluding hydrogens is 206 g/mol. The maximum atomic E-state index is 11.5. The fourth-order valence-electron chi connectivity index (χ4n) is 1.58. The monoisotopic (exact) mass is 219 g/mol. The Morgan fingerprint density at radius 1 is 1.50 bits per heavy atom. The highest BCUT2D eigenvalue weighted by Gasteiger charge is 2.23. The van der Waals surface area contributed by atoms with Gasteiger partial charge in [0.1, 0.15) is 5.75 Å². The van der Waals surface area contributed by atoms with Gasteiger partial charge in [-0.1, -0.05) is 6.92 Å². The molecule has 16 heavy (non-hydrogen) atoms. The van der Waals surface area contributed by atoms with Crippen LogP contribution in [0.25, 0.3) is 0 Å². The standard InChI is InChI=1S/C12H13NO3/c1-3-10(14)8-4-5-9-11(6-8)16-7(2)12(15)13-9/h4-7H,3H2,1-2H3,(H,13,15). The predicted molar refractivity (Wildman–Crippen MR) is 59.8 cm³/mol. The van der Waals surface area contributed by atoms with E-state index in [4.69, 9.17) is 4.74 Å². The smallest absolute Gasteiger partial charge is 0.265 e. The summed E-state index contributed by atoms with van der Waals surface area (Å²) in [4.78, 5) is 22.8. The number of amides is 1. The predicted octanol–water partition coefficient (Wildman–Crippen LogP) is 2.00. The summed E-state index contributed by atoms with van der Waals surface area (Å²) in [6.45, 7) is 3.49. The van der Waals surface area contributed by atoms with E-state index in [9.17, 15) is 9.59 Å². The fraction of sp³-hybridized carbons (Fsp3) is 0.333. The number of benzene rings is 1. The van der Waals surface area contributed by atoms with E-state index in [1.54, 1.807) is 25.1 Å². The van der Waals surface area contributed by atoms with Gasteiger partial charge in [0.25, 0.3) is 5.91 Å². The highest BCUT2D eigenvalue weighted by molar-refractivity contribution is 6.00. The molecular formula is C12H13NO3. The van der Waals surface area contributed by atoms with Gasteiger partial charge in [0.2, 0.25) is 0 Å². The summed E-state index contributed by atoms with van der Waals surface area (Å²) in [5.41, 5.74) is 1.24. The largest absolute Gasteiger partial charge is 0.479 e. The lowest BCUT2D eigenvalue weighted by atomic mass is 10.1. The van der Waals surface area contributed by atoms with Crippen molar-refractivity contribution < 1.29 is 14.3 Å². The van der Waals surface area contributed by atoms with E-state index >= 15 is 0 Å². The SMILES string of the molecule is CCC(=O)c1ccc2c(c1)OC(C)C(=O)N2. The lowest BCUT2D eigenvalue weighted by Gasteiger charge is -2.23. The molecule has 0 aliphatic carbocycles. The van der Waals surface area contributed by atoms with Crippen LogP contribution in [0.15, 0.2) is 18.2 Å². The van der Waals surface area contributed by atoms with Crippen LogP contribution < -0.4 is 10.1 Å². The lowest BCUT2D eigenvalue weighted by molar-refractivity contribution is -0.122. The Labute approximate surface area is 93.6 Å². The molecule has 0 aromatic heterocycles. The van der Waals surface area contributed by atoms with Crippen molar-refractivity contribution in [3.8, 4) is 5.75 Å². The van der Waals surface area contributed by atoms with Gasteiger partial charge < -0.3 is 10.1 Å². The van der Waals surface area contributed by atoms with E-state index in [0.29, 0.717) is 23.4 Å². The van der Waals surface area contributed by atoms with E-state index in [1.165, 1.54) is 0 Å². The summed E-state index contributed by atoms with van der Waals surface area (Å²) < 4.78 is 5.42. The number of anilines is 1. The van der Waals surface area contributed by atoms with Crippen LogP contribution in [0.1, 0.15) is 30.6 Å². The first-order valence-electron chi connectivity index (χ1n) is 5.26. The first-order chi connectivity index (χ1) is 7.61. The van der Waals surface area contributed by atoms with Crippen LogP contribution in [0.4, 0.5) is 5.69 Å². The molecule has 1 atom stereocenters. The van der Waals surface area contributed by atoms with Crippen molar-refractivity contribution in [3.63, 3.8) is 0 Å². The molecule has 1 unspecified atom stereocenters. The molecule has 1 aliphatic rings. The summed E-state index contributed by atoms with van der Waals surface area (Å²) >= 11 is 0. The van der Waals surface area contributed by atoms with E-state index in [-0.39, 0.29) is 11.7 Å². The topological polar surface area (TPSA) is 55.4 Å². The number of carbonyl (C=O) groups excluding carboxylic acids is 2. The molecule has 1 aliphatic heterocycles. The minimum absolute atomic E-state index is 0.0657. The quantitative estimate of drug-likeness (QED) is 0.774. The van der Waals surface area contributed by atoms with Crippen LogP contribution in [0, 0.1) is 0 Å². The molecule has 1 N–H and O–H groups in total. The van der Waals surface area contributed by atoms with Crippen molar-refractivity contribution in [2.45, 2.75) is 26.4 Å². The van der Waals surface area contributed by atoms with E-state index in [1.807, 2.05) is 6.92 Å². The van der Waals surface area contributed by atoms with Gasteiger partial charge >= 0.3 is 0 Å². The van der Waals surface area contributed by atoms with Crippen LogP contribution in [-0.4, -0.2) is 17.8 Å². The third kappa shape index (κ3) is 1.78. The number of carbonyl (C=O) groups is 2. The van der Waals surface area contributed by atoms with E-state index in [0.717, 1.165) is 0 Å². The molecule has 0 bridgehead atoms. The lowest BCUT2D eigenvalue weighted by Crippen LogP contribution is -2.34. The Hall–Kier alpha value is -1.84. The molecule has 4 heteroatoms. The van der Waals surface area contributed by atoms with Crippen LogP contribution in [-0.2, 0) is 4.79 Å². The number of Topliss-reactive ketones (excluding diaryl/α,β-unsaturated/α-hetero) is 1. The average Bonchev–Trinajstić information content (AvgIpc) is 2.29. The number of ether oxygens (including phenoxy) is 1. The van der Waals surface area contributed by atoms with Gasteiger partial charge in [-0.2, -0.15) is 0 Å². The Morgan fingerprint density at radius 3 is 2.94 bits per heavy atom. The molecule has 0 radical (unpaired) electrons. The third-order valence-corrected chi connectivity index (χ3v) is 2.56. The van der Waals surface area contributed by atoms with Gasteiger partial charge in [0.15, 0.2) is 11.9 Å². The minimum Gasteiger partial charge on any atom is -0.479 e. The summed E-state index contributed by atoms with van der Waals surface area (Å²) in [5, 5.41) is 2.72. The van der Waals surface area contributed by atoms with Crippen molar-refractivity contribution in [2.75, 3.05) is 5.32 Å². The van der Waals surface area contributed by atoms with Gasteiger partial charge in [-0.25, -0.2) is 0 Å². The summed E-state index contributed by atoms with van der Waals surface area (Å²) in [7, 11) is 0. The van der Waals surface area contributed by atoms with Gasteiger partial charge in [-0.3, -0.25) is 9.59 Å². The Kier molecular flexibility index (Phi) is 2.64. The molecule has 1 aromatic rings. The van der Waals surface area contributed by atoms with Crippen LogP contribution in [0.5, 0.6) is 5.75 Å². The second kappa shape index (κ2) is 3.96. The van der Waals surface area contributed by atoms with Crippen molar-refractivity contribution in [1.29, 1.82) is 0 Å². The molecule has 0 fully saturated rings. The zero-order valence-electron chi connectivity index (χ0n) is 9.24. The highest BCUT2D eigenvalue weighted by atomic mass is 16.5. The van der Waals surface area contributed by atoms with Crippen molar-refractivity contribution >= 4 is 17.4 Å². The summed E-state index contributed by atoms with van der Waals surface area (Å²) in [5.74, 6) is 0.462. The Bertz CT molecular complexity index is 454. The normalized spacial score (nSPS) is 18.4. The number of ketones is 1. The second-order valence-electron chi connectivity index (χ2n) is 3.74. The molecule has 0 saturated heterocycles. The molecule has 4 nitrogen and oxygen atoms in total. The van der Waals surface area contributed by atoms with Crippen molar-refractivity contribution in [3.05, 3.63) is 23.8 Å². The average molecular weight is 219 g/mol. The fourth-order valence-corrected chi connectivity index (χ4v) is 1.58. The zero-order valence-corrected chi connectivity index (χ0v) is 9.24. The van der Waals surface area contributed by atoms with Crippen molar-refractivity contribution in [2.24, 2.45) is 0 Å². The molecule has 84 valence electrons. The maximum absolute atomic E-state index is 11.5. The molecule has 1 amide bonds. The first-order valence-corrected chi connectivity index (χ1v) is 5.26. The Morgan fingerprint density at radius 2 is 2.25 bits per heavy atom. The Balaban J connectivity index is 2.36. The van der Waals surface area contributed by atoms with Crippen LogP contribution >= 0.6 is 0 Å². The molecule has 2 rings (SSSR count). The van der Waals surface area contributed by atoms with Gasteiger partial charge in [0.05, 0.1) is 5.69 Å². The van der Waals surface area contributed by atoms with E-state index < -0.39 is 6.10 Å². The number of hydrogen-bond acceptors (Lipinski definition) is 3. The highest BCUT2D eigenvalue weighted by Crippen LogP contribution is 2.30. The molecule has 1 heterocycles. The summed E-state index contributed by atoms with van der Waals surface area (Å²) in [6, 6.07) is 5.07. The second-order valence-corrected chi connectivity index (χ2v) is 3.74. The number of fused-ring (bicyclic) bond motifs is 1. The van der Waals surface area contributed by atoms with Crippen molar-refractivity contribution in [1.82, 2.24) is 0 Å². The minimum atomic E-state index is -0.514. The van der Waals surface area contributed by atoms with Gasteiger partial charge in [-0.15, -0.1) is 0 Å². The zero-order chi connectivity index (χ0) is 11.7. The first kappa shape index (κ1) is 10.7. The van der Waals surface area contributed by atoms with Crippen LogP contribution in [0.3, 0.4) is 0 Å². The summed E-state index contributed by atoms with van der Waals surface area (Å²) in [6.07, 6.45) is -0.0553. The molecule has 1 aromatic carbocycles. The number of hydrogen-bond donors (Lipinski definition) is 1. The molecule has 0 saturated carbocycles. The maximum Gasteiger partial charge on any atom is 0.265 e. The van der Waals surface area contributed by atoms with Crippen LogP contribution in [0.2, 0.25) is 0 Å².